The highest BCUT2D eigenvalue weighted by Gasteiger charge is 2.26. The van der Waals surface area contributed by atoms with Gasteiger partial charge in [-0.3, -0.25) is 9.59 Å². The molecule has 1 saturated carbocycles. The maximum Gasteiger partial charge on any atom is 0.251 e. The molecule has 2 fully saturated rings. The van der Waals surface area contributed by atoms with Crippen LogP contribution < -0.4 is 10.9 Å². The molecule has 1 aliphatic heterocycles. The first-order valence-corrected chi connectivity index (χ1v) is 11.7. The summed E-state index contributed by atoms with van der Waals surface area (Å²) in [5.41, 5.74) is 3.15. The number of hydrogen-bond donors (Lipinski definition) is 3. The SMILES string of the molecule is CN(CCO)S(=O)c1ccc(/C(=C\[C@H]2CCC(=O)N2)c2ccc(C3CC3)c(=O)[nH]2)cc1. The number of H-pyrrole nitrogens is 1. The van der Waals surface area contributed by atoms with E-state index in [1.54, 1.807) is 23.5 Å². The highest BCUT2D eigenvalue weighted by atomic mass is 32.2. The van der Waals surface area contributed by atoms with Gasteiger partial charge in [0.1, 0.15) is 11.0 Å². The number of amides is 1. The van der Waals surface area contributed by atoms with E-state index in [2.05, 4.69) is 10.3 Å². The monoisotopic (exact) mass is 441 g/mol. The number of carbonyl (C=O) groups excluding carboxylic acids is 1. The van der Waals surface area contributed by atoms with Gasteiger partial charge >= 0.3 is 0 Å². The molecule has 1 aromatic carbocycles. The molecular formula is C23H27N3O4S. The molecule has 0 spiro atoms. The summed E-state index contributed by atoms with van der Waals surface area (Å²) in [6.07, 6.45) is 5.30. The molecule has 8 heteroatoms. The van der Waals surface area contributed by atoms with Crippen molar-refractivity contribution in [3.8, 4) is 0 Å². The van der Waals surface area contributed by atoms with Crippen molar-refractivity contribution in [3.63, 3.8) is 0 Å². The maximum absolute atomic E-state index is 12.6. The summed E-state index contributed by atoms with van der Waals surface area (Å²) in [4.78, 5) is 27.9. The molecule has 1 aromatic heterocycles. The molecule has 3 N–H and O–H groups in total. The number of pyridine rings is 1. The van der Waals surface area contributed by atoms with E-state index in [4.69, 9.17) is 5.11 Å². The van der Waals surface area contributed by atoms with E-state index in [9.17, 15) is 13.8 Å². The zero-order valence-electron chi connectivity index (χ0n) is 17.5. The molecule has 1 aliphatic carbocycles. The number of nitrogens with zero attached hydrogens (tertiary/aromatic N) is 1. The van der Waals surface area contributed by atoms with E-state index in [1.807, 2.05) is 30.3 Å². The predicted molar refractivity (Wildman–Crippen MR) is 120 cm³/mol. The van der Waals surface area contributed by atoms with Crippen molar-refractivity contribution in [3.05, 3.63) is 69.6 Å². The Balaban J connectivity index is 1.67. The quantitative estimate of drug-likeness (QED) is 0.582. The van der Waals surface area contributed by atoms with Gasteiger partial charge in [0.15, 0.2) is 0 Å². The lowest BCUT2D eigenvalue weighted by molar-refractivity contribution is -0.119. The van der Waals surface area contributed by atoms with Gasteiger partial charge in [-0.05, 0) is 48.9 Å². The molecule has 7 nitrogen and oxygen atoms in total. The lowest BCUT2D eigenvalue weighted by Crippen LogP contribution is -2.24. The molecule has 164 valence electrons. The summed E-state index contributed by atoms with van der Waals surface area (Å²) in [6, 6.07) is 11.1. The average molecular weight is 442 g/mol. The zero-order chi connectivity index (χ0) is 22.0. The fraction of sp³-hybridized carbons (Fsp3) is 0.391. The van der Waals surface area contributed by atoms with Crippen LogP contribution in [0.25, 0.3) is 5.57 Å². The van der Waals surface area contributed by atoms with Gasteiger partial charge in [0.05, 0.1) is 11.5 Å². The average Bonchev–Trinajstić information content (AvgIpc) is 3.52. The predicted octanol–water partition coefficient (Wildman–Crippen LogP) is 1.91. The van der Waals surface area contributed by atoms with E-state index >= 15 is 0 Å². The van der Waals surface area contributed by atoms with Gasteiger partial charge in [0.2, 0.25) is 5.91 Å². The van der Waals surface area contributed by atoms with Crippen LogP contribution in [0.15, 0.2) is 52.2 Å². The van der Waals surface area contributed by atoms with E-state index < -0.39 is 11.0 Å². The highest BCUT2D eigenvalue weighted by Crippen LogP contribution is 2.38. The topological polar surface area (TPSA) is 102 Å². The molecule has 1 amide bonds. The molecule has 4 rings (SSSR count). The number of aromatic amines is 1. The Hall–Kier alpha value is -2.55. The first-order chi connectivity index (χ1) is 15.0. The van der Waals surface area contributed by atoms with Crippen molar-refractivity contribution in [1.82, 2.24) is 14.6 Å². The number of rotatable bonds is 8. The smallest absolute Gasteiger partial charge is 0.251 e. The minimum atomic E-state index is -1.37. The van der Waals surface area contributed by atoms with E-state index in [1.165, 1.54) is 0 Å². The fourth-order valence-corrected chi connectivity index (χ4v) is 4.79. The Morgan fingerprint density at radius 2 is 1.90 bits per heavy atom. The van der Waals surface area contributed by atoms with Crippen LogP contribution in [0.3, 0.4) is 0 Å². The number of aliphatic hydroxyl groups is 1. The van der Waals surface area contributed by atoms with Crippen LogP contribution in [0.1, 0.15) is 48.4 Å². The van der Waals surface area contributed by atoms with Gasteiger partial charge in [0.25, 0.3) is 5.56 Å². The van der Waals surface area contributed by atoms with Crippen molar-refractivity contribution in [2.45, 2.75) is 42.5 Å². The molecule has 2 aromatic rings. The van der Waals surface area contributed by atoms with Gasteiger partial charge in [-0.1, -0.05) is 24.3 Å². The van der Waals surface area contributed by atoms with Gasteiger partial charge in [-0.15, -0.1) is 0 Å². The Morgan fingerprint density at radius 1 is 1.16 bits per heavy atom. The number of aliphatic hydroxyl groups excluding tert-OH is 1. The maximum atomic E-state index is 12.6. The van der Waals surface area contributed by atoms with Crippen LogP contribution in [0.2, 0.25) is 0 Å². The third-order valence-electron chi connectivity index (χ3n) is 5.71. The van der Waals surface area contributed by atoms with Crippen LogP contribution in [-0.4, -0.2) is 50.8 Å². The van der Waals surface area contributed by atoms with Crippen LogP contribution in [0.4, 0.5) is 0 Å². The van der Waals surface area contributed by atoms with Crippen LogP contribution in [0, 0.1) is 0 Å². The number of likely N-dealkylation sites (N-methyl/N-ethyl adjacent to an activating group) is 1. The fourth-order valence-electron chi connectivity index (χ4n) is 3.82. The van der Waals surface area contributed by atoms with Gasteiger partial charge in [-0.2, -0.15) is 0 Å². The largest absolute Gasteiger partial charge is 0.395 e. The molecule has 0 bridgehead atoms. The van der Waals surface area contributed by atoms with Crippen molar-refractivity contribution < 1.29 is 14.1 Å². The summed E-state index contributed by atoms with van der Waals surface area (Å²) in [7, 11) is 0.326. The molecule has 2 heterocycles. The van der Waals surface area contributed by atoms with Crippen molar-refractivity contribution in [1.29, 1.82) is 0 Å². The number of hydrogen-bond acceptors (Lipinski definition) is 4. The first-order valence-electron chi connectivity index (χ1n) is 10.6. The molecule has 0 radical (unpaired) electrons. The second-order valence-electron chi connectivity index (χ2n) is 8.07. The van der Waals surface area contributed by atoms with Crippen molar-refractivity contribution in [2.24, 2.45) is 0 Å². The molecule has 2 atom stereocenters. The van der Waals surface area contributed by atoms with Crippen molar-refractivity contribution >= 4 is 22.5 Å². The number of benzene rings is 1. The normalized spacial score (nSPS) is 20.2. The van der Waals surface area contributed by atoms with E-state index in [0.29, 0.717) is 35.9 Å². The van der Waals surface area contributed by atoms with Crippen LogP contribution >= 0.6 is 0 Å². The second-order valence-corrected chi connectivity index (χ2v) is 9.67. The molecular weight excluding hydrogens is 414 g/mol. The van der Waals surface area contributed by atoms with Gasteiger partial charge in [-0.25, -0.2) is 8.51 Å². The lowest BCUT2D eigenvalue weighted by atomic mass is 9.98. The third-order valence-corrected chi connectivity index (χ3v) is 7.13. The molecule has 1 unspecified atom stereocenters. The first kappa shape index (κ1) is 21.7. The Labute approximate surface area is 183 Å². The summed E-state index contributed by atoms with van der Waals surface area (Å²) >= 11 is 0. The Bertz CT molecular complexity index is 1070. The van der Waals surface area contributed by atoms with Gasteiger partial charge < -0.3 is 15.4 Å². The Kier molecular flexibility index (Phi) is 6.50. The zero-order valence-corrected chi connectivity index (χ0v) is 18.3. The minimum Gasteiger partial charge on any atom is -0.395 e. The standard InChI is InChI=1S/C23H27N3O4S/c1-26(12-13-27)31(30)18-7-4-16(5-8-18)20(14-17-6-11-22(28)24-17)21-10-9-19(15-2-3-15)23(29)25-21/h4-5,7-10,14-15,17,27H,2-3,6,11-13H2,1H3,(H,24,28)(H,25,29)/b20-14+/t17-,31?/m1/s1. The lowest BCUT2D eigenvalue weighted by Gasteiger charge is -2.16. The summed E-state index contributed by atoms with van der Waals surface area (Å²) in [5.74, 6) is 0.389. The molecule has 31 heavy (non-hydrogen) atoms. The summed E-state index contributed by atoms with van der Waals surface area (Å²) in [6.45, 7) is 0.250. The third kappa shape index (κ3) is 5.03. The van der Waals surface area contributed by atoms with Crippen LogP contribution in [0.5, 0.6) is 0 Å². The summed E-state index contributed by atoms with van der Waals surface area (Å²) < 4.78 is 14.1. The Morgan fingerprint density at radius 3 is 2.48 bits per heavy atom. The minimum absolute atomic E-state index is 0.0239. The number of carbonyl (C=O) groups is 1. The van der Waals surface area contributed by atoms with Crippen LogP contribution in [-0.2, 0) is 15.8 Å². The number of nitrogens with one attached hydrogen (secondary N) is 2. The van der Waals surface area contributed by atoms with E-state index in [0.717, 1.165) is 29.5 Å². The second kappa shape index (κ2) is 9.30. The molecule has 2 aliphatic rings. The van der Waals surface area contributed by atoms with Crippen molar-refractivity contribution in [2.75, 3.05) is 20.2 Å². The van der Waals surface area contributed by atoms with E-state index in [-0.39, 0.29) is 24.1 Å². The number of aromatic nitrogens is 1. The summed E-state index contributed by atoms with van der Waals surface area (Å²) in [5, 5.41) is 12.0. The molecule has 1 saturated heterocycles. The van der Waals surface area contributed by atoms with Gasteiger partial charge in [0, 0.05) is 42.9 Å². The highest BCUT2D eigenvalue weighted by molar-refractivity contribution is 7.82.